The van der Waals surface area contributed by atoms with Gasteiger partial charge in [0.25, 0.3) is 0 Å². The first-order valence-corrected chi connectivity index (χ1v) is 11.1. The summed E-state index contributed by atoms with van der Waals surface area (Å²) in [6.45, 7) is 1.99. The van der Waals surface area contributed by atoms with Crippen LogP contribution in [0.4, 0.5) is 0 Å². The van der Waals surface area contributed by atoms with Crippen LogP contribution in [0.15, 0.2) is 53.4 Å². The van der Waals surface area contributed by atoms with Crippen molar-refractivity contribution in [3.63, 3.8) is 0 Å². The molecule has 1 amide bonds. The molecule has 0 spiro atoms. The standard InChI is InChI=1S/C22H26N2O7S/c1-16(25)31-20-10-6-17(14-21(20)30-3)7-11-22(26)23-15-18-4-8-19(9-5-18)32(27,28)24-12-13-29-2/h4-11,14,24H,12-13,15H2,1-3H3,(H,23,26)/b11-7+. The van der Waals surface area contributed by atoms with Crippen LogP contribution in [-0.2, 0) is 30.9 Å². The van der Waals surface area contributed by atoms with Gasteiger partial charge in [0.2, 0.25) is 15.9 Å². The summed E-state index contributed by atoms with van der Waals surface area (Å²) in [4.78, 5) is 23.4. The van der Waals surface area contributed by atoms with E-state index in [0.29, 0.717) is 17.1 Å². The molecule has 0 heterocycles. The Morgan fingerprint density at radius 1 is 1.03 bits per heavy atom. The molecule has 10 heteroatoms. The van der Waals surface area contributed by atoms with Crippen molar-refractivity contribution in [2.45, 2.75) is 18.4 Å². The molecule has 0 atom stereocenters. The summed E-state index contributed by atoms with van der Waals surface area (Å²) in [5.74, 6) is -0.125. The molecule has 0 aliphatic rings. The number of hydrogen-bond donors (Lipinski definition) is 2. The fourth-order valence-corrected chi connectivity index (χ4v) is 3.61. The Balaban J connectivity index is 1.92. The van der Waals surface area contributed by atoms with Crippen molar-refractivity contribution in [3.8, 4) is 11.5 Å². The lowest BCUT2D eigenvalue weighted by atomic mass is 10.2. The molecule has 2 aromatic rings. The van der Waals surface area contributed by atoms with Crippen LogP contribution in [0, 0.1) is 0 Å². The van der Waals surface area contributed by atoms with Crippen molar-refractivity contribution in [2.24, 2.45) is 0 Å². The minimum Gasteiger partial charge on any atom is -0.493 e. The van der Waals surface area contributed by atoms with Crippen molar-refractivity contribution in [1.82, 2.24) is 10.0 Å². The number of hydrogen-bond acceptors (Lipinski definition) is 7. The van der Waals surface area contributed by atoms with E-state index < -0.39 is 16.0 Å². The van der Waals surface area contributed by atoms with Crippen LogP contribution >= 0.6 is 0 Å². The number of methoxy groups -OCH3 is 2. The van der Waals surface area contributed by atoms with E-state index in [1.54, 1.807) is 36.4 Å². The van der Waals surface area contributed by atoms with Gasteiger partial charge in [-0.3, -0.25) is 9.59 Å². The first kappa shape index (κ1) is 25.1. The van der Waals surface area contributed by atoms with Gasteiger partial charge < -0.3 is 19.5 Å². The predicted molar refractivity (Wildman–Crippen MR) is 119 cm³/mol. The summed E-state index contributed by atoms with van der Waals surface area (Å²) in [5, 5.41) is 2.73. The molecule has 0 aliphatic carbocycles. The summed E-state index contributed by atoms with van der Waals surface area (Å²) < 4.78 is 41.8. The molecule has 172 valence electrons. The Bertz CT molecular complexity index is 1060. The van der Waals surface area contributed by atoms with E-state index in [4.69, 9.17) is 14.2 Å². The highest BCUT2D eigenvalue weighted by Crippen LogP contribution is 2.28. The van der Waals surface area contributed by atoms with Crippen molar-refractivity contribution >= 4 is 28.0 Å². The number of benzene rings is 2. The molecule has 0 fully saturated rings. The molecule has 0 saturated heterocycles. The van der Waals surface area contributed by atoms with Crippen LogP contribution in [-0.4, -0.2) is 47.7 Å². The number of sulfonamides is 1. The number of esters is 1. The van der Waals surface area contributed by atoms with Gasteiger partial charge in [-0.2, -0.15) is 0 Å². The summed E-state index contributed by atoms with van der Waals surface area (Å²) >= 11 is 0. The lowest BCUT2D eigenvalue weighted by Gasteiger charge is -2.08. The molecule has 0 radical (unpaired) electrons. The number of carbonyl (C=O) groups is 2. The second kappa shape index (κ2) is 12.0. The molecule has 0 bridgehead atoms. The SMILES string of the molecule is COCCNS(=O)(=O)c1ccc(CNC(=O)/C=C/c2ccc(OC(C)=O)c(OC)c2)cc1. The second-order valence-corrected chi connectivity index (χ2v) is 8.36. The summed E-state index contributed by atoms with van der Waals surface area (Å²) in [6, 6.07) is 11.1. The van der Waals surface area contributed by atoms with E-state index in [-0.39, 0.29) is 30.5 Å². The third-order valence-electron chi connectivity index (χ3n) is 4.17. The normalized spacial score (nSPS) is 11.3. The minimum absolute atomic E-state index is 0.134. The molecule has 0 aromatic heterocycles. The van der Waals surface area contributed by atoms with Gasteiger partial charge in [-0.05, 0) is 41.5 Å². The van der Waals surface area contributed by atoms with E-state index in [2.05, 4.69) is 10.0 Å². The molecule has 2 rings (SSSR count). The average molecular weight is 463 g/mol. The maximum atomic E-state index is 12.1. The highest BCUT2D eigenvalue weighted by atomic mass is 32.2. The Hall–Kier alpha value is -3.21. The predicted octanol–water partition coefficient (Wildman–Crippen LogP) is 1.87. The Kier molecular flexibility index (Phi) is 9.39. The van der Waals surface area contributed by atoms with Crippen LogP contribution < -0.4 is 19.5 Å². The fraction of sp³-hybridized carbons (Fsp3) is 0.273. The second-order valence-electron chi connectivity index (χ2n) is 6.59. The number of ether oxygens (including phenoxy) is 3. The third-order valence-corrected chi connectivity index (χ3v) is 5.64. The Morgan fingerprint density at radius 2 is 1.75 bits per heavy atom. The molecule has 0 unspecified atom stereocenters. The molecule has 0 aliphatic heterocycles. The van der Waals surface area contributed by atoms with E-state index in [1.165, 1.54) is 39.4 Å². The highest BCUT2D eigenvalue weighted by Gasteiger charge is 2.13. The van der Waals surface area contributed by atoms with Crippen LogP contribution in [0.2, 0.25) is 0 Å². The van der Waals surface area contributed by atoms with Crippen molar-refractivity contribution in [2.75, 3.05) is 27.4 Å². The van der Waals surface area contributed by atoms with Gasteiger partial charge in [0.15, 0.2) is 11.5 Å². The number of carbonyl (C=O) groups excluding carboxylic acids is 2. The molecule has 2 N–H and O–H groups in total. The third kappa shape index (κ3) is 7.80. The van der Waals surface area contributed by atoms with Crippen LogP contribution in [0.5, 0.6) is 11.5 Å². The first-order chi connectivity index (χ1) is 15.2. The van der Waals surface area contributed by atoms with E-state index >= 15 is 0 Å². The summed E-state index contributed by atoms with van der Waals surface area (Å²) in [6.07, 6.45) is 2.95. The van der Waals surface area contributed by atoms with Crippen molar-refractivity contribution in [3.05, 3.63) is 59.7 Å². The van der Waals surface area contributed by atoms with E-state index in [1.807, 2.05) is 0 Å². The van der Waals surface area contributed by atoms with Crippen molar-refractivity contribution in [1.29, 1.82) is 0 Å². The van der Waals surface area contributed by atoms with Gasteiger partial charge in [0.1, 0.15) is 0 Å². The number of amides is 1. The zero-order chi connectivity index (χ0) is 23.6. The average Bonchev–Trinajstić information content (AvgIpc) is 2.77. The van der Waals surface area contributed by atoms with Gasteiger partial charge in [0.05, 0.1) is 18.6 Å². The molecule has 9 nitrogen and oxygen atoms in total. The minimum atomic E-state index is -3.60. The maximum Gasteiger partial charge on any atom is 0.308 e. The zero-order valence-corrected chi connectivity index (χ0v) is 18.9. The quantitative estimate of drug-likeness (QED) is 0.226. The fourth-order valence-electron chi connectivity index (χ4n) is 2.59. The Labute approximate surface area is 187 Å². The van der Waals surface area contributed by atoms with Crippen LogP contribution in [0.25, 0.3) is 6.08 Å². The highest BCUT2D eigenvalue weighted by molar-refractivity contribution is 7.89. The zero-order valence-electron chi connectivity index (χ0n) is 18.1. The topological polar surface area (TPSA) is 120 Å². The van der Waals surface area contributed by atoms with Crippen molar-refractivity contribution < 1.29 is 32.2 Å². The molecule has 32 heavy (non-hydrogen) atoms. The van der Waals surface area contributed by atoms with Crippen LogP contribution in [0.3, 0.4) is 0 Å². The molecule has 0 saturated carbocycles. The lowest BCUT2D eigenvalue weighted by Crippen LogP contribution is -2.27. The summed E-state index contributed by atoms with van der Waals surface area (Å²) in [7, 11) is -0.658. The molecule has 2 aromatic carbocycles. The van der Waals surface area contributed by atoms with Gasteiger partial charge in [-0.15, -0.1) is 0 Å². The van der Waals surface area contributed by atoms with Crippen LogP contribution in [0.1, 0.15) is 18.1 Å². The van der Waals surface area contributed by atoms with E-state index in [0.717, 1.165) is 5.56 Å². The smallest absolute Gasteiger partial charge is 0.308 e. The van der Waals surface area contributed by atoms with Gasteiger partial charge in [-0.1, -0.05) is 18.2 Å². The first-order valence-electron chi connectivity index (χ1n) is 9.65. The largest absolute Gasteiger partial charge is 0.493 e. The number of rotatable bonds is 11. The maximum absolute atomic E-state index is 12.1. The summed E-state index contributed by atoms with van der Waals surface area (Å²) in [5.41, 5.74) is 1.43. The van der Waals surface area contributed by atoms with Gasteiger partial charge in [-0.25, -0.2) is 13.1 Å². The molecular weight excluding hydrogens is 436 g/mol. The lowest BCUT2D eigenvalue weighted by molar-refractivity contribution is -0.132. The Morgan fingerprint density at radius 3 is 2.38 bits per heavy atom. The monoisotopic (exact) mass is 462 g/mol. The van der Waals surface area contributed by atoms with Gasteiger partial charge in [0, 0.05) is 33.2 Å². The number of nitrogens with one attached hydrogen (secondary N) is 2. The molecular formula is C22H26N2O7S. The van der Waals surface area contributed by atoms with E-state index in [9.17, 15) is 18.0 Å². The van der Waals surface area contributed by atoms with Gasteiger partial charge >= 0.3 is 5.97 Å².